The molecule has 1 aromatic carbocycles. The monoisotopic (exact) mass is 355 g/mol. The third kappa shape index (κ3) is 2.96. The minimum Gasteiger partial charge on any atom is -0.444 e. The Morgan fingerprint density at radius 3 is 2.64 bits per heavy atom. The summed E-state index contributed by atoms with van der Waals surface area (Å²) in [5.74, 6) is 0.608. The van der Waals surface area contributed by atoms with E-state index in [4.69, 9.17) is 4.42 Å². The van der Waals surface area contributed by atoms with E-state index in [2.05, 4.69) is 9.97 Å². The maximum atomic E-state index is 13.1. The minimum atomic E-state index is -3.57. The first-order chi connectivity index (χ1) is 12.2. The summed E-state index contributed by atoms with van der Waals surface area (Å²) in [7, 11) is -3.57. The fourth-order valence-corrected chi connectivity index (χ4v) is 4.85. The second-order valence-electron chi connectivity index (χ2n) is 5.92. The topological polar surface area (TPSA) is 76.3 Å². The third-order valence-corrected chi connectivity index (χ3v) is 6.33. The standard InChI is InChI=1S/C18H17N3O3S/c22-25(23,15-8-6-14(7-9-15)18-12-19-13-24-18)21-11-3-5-17(21)16-4-1-2-10-20-16/h1-2,4,6-10,12-13,17H,3,5,11H2/t17-/m0/s1. The van der Waals surface area contributed by atoms with Crippen LogP contribution in [0.15, 0.2) is 70.6 Å². The SMILES string of the molecule is O=S(=O)(c1ccc(-c2cnco2)cc1)N1CCC[C@H]1c1ccccn1. The summed E-state index contributed by atoms with van der Waals surface area (Å²) in [5, 5.41) is 0. The predicted octanol–water partition coefficient (Wildman–Crippen LogP) is 3.26. The van der Waals surface area contributed by atoms with E-state index in [1.807, 2.05) is 18.2 Å². The number of aromatic nitrogens is 2. The van der Waals surface area contributed by atoms with Crippen LogP contribution in [0.2, 0.25) is 0 Å². The van der Waals surface area contributed by atoms with Gasteiger partial charge in [-0.05, 0) is 49.2 Å². The number of sulfonamides is 1. The minimum absolute atomic E-state index is 0.208. The van der Waals surface area contributed by atoms with E-state index in [-0.39, 0.29) is 10.9 Å². The summed E-state index contributed by atoms with van der Waals surface area (Å²) in [6.07, 6.45) is 6.26. The molecule has 0 N–H and O–H groups in total. The van der Waals surface area contributed by atoms with E-state index in [9.17, 15) is 8.42 Å². The summed E-state index contributed by atoms with van der Waals surface area (Å²) in [6.45, 7) is 0.507. The molecule has 3 heterocycles. The Morgan fingerprint density at radius 2 is 1.96 bits per heavy atom. The first-order valence-corrected chi connectivity index (χ1v) is 9.52. The fraction of sp³-hybridized carbons (Fsp3) is 0.222. The molecule has 1 saturated heterocycles. The van der Waals surface area contributed by atoms with E-state index < -0.39 is 10.0 Å². The van der Waals surface area contributed by atoms with Crippen molar-refractivity contribution in [2.24, 2.45) is 0 Å². The zero-order chi connectivity index (χ0) is 17.3. The summed E-state index contributed by atoms with van der Waals surface area (Å²) >= 11 is 0. The predicted molar refractivity (Wildman–Crippen MR) is 92.0 cm³/mol. The van der Waals surface area contributed by atoms with Crippen LogP contribution in [0.25, 0.3) is 11.3 Å². The van der Waals surface area contributed by atoms with Crippen LogP contribution in [0, 0.1) is 0 Å². The van der Waals surface area contributed by atoms with Crippen molar-refractivity contribution < 1.29 is 12.8 Å². The van der Waals surface area contributed by atoms with Crippen molar-refractivity contribution >= 4 is 10.0 Å². The molecule has 0 spiro atoms. The maximum Gasteiger partial charge on any atom is 0.243 e. The lowest BCUT2D eigenvalue weighted by Crippen LogP contribution is -2.31. The van der Waals surface area contributed by atoms with Crippen LogP contribution >= 0.6 is 0 Å². The van der Waals surface area contributed by atoms with E-state index in [1.54, 1.807) is 41.0 Å². The molecule has 0 radical (unpaired) electrons. The van der Waals surface area contributed by atoms with E-state index in [1.165, 1.54) is 6.39 Å². The van der Waals surface area contributed by atoms with Gasteiger partial charge in [-0.3, -0.25) is 4.98 Å². The van der Waals surface area contributed by atoms with Gasteiger partial charge in [-0.15, -0.1) is 0 Å². The van der Waals surface area contributed by atoms with Gasteiger partial charge in [0.2, 0.25) is 10.0 Å². The number of nitrogens with zero attached hydrogens (tertiary/aromatic N) is 3. The molecule has 4 rings (SSSR count). The second kappa shape index (κ2) is 6.42. The van der Waals surface area contributed by atoms with Crippen molar-refractivity contribution in [2.45, 2.75) is 23.8 Å². The molecule has 1 atom stereocenters. The Labute approximate surface area is 146 Å². The molecular formula is C18H17N3O3S. The largest absolute Gasteiger partial charge is 0.444 e. The highest BCUT2D eigenvalue weighted by Gasteiger charge is 2.36. The van der Waals surface area contributed by atoms with Crippen LogP contribution in [0.1, 0.15) is 24.6 Å². The maximum absolute atomic E-state index is 13.1. The molecule has 1 aliphatic heterocycles. The molecule has 128 valence electrons. The van der Waals surface area contributed by atoms with Gasteiger partial charge in [-0.1, -0.05) is 6.07 Å². The van der Waals surface area contributed by atoms with Crippen LogP contribution < -0.4 is 0 Å². The van der Waals surface area contributed by atoms with Gasteiger partial charge < -0.3 is 4.42 Å². The third-order valence-electron chi connectivity index (χ3n) is 4.41. The molecular weight excluding hydrogens is 338 g/mol. The normalized spacial score (nSPS) is 18.5. The highest BCUT2D eigenvalue weighted by molar-refractivity contribution is 7.89. The van der Waals surface area contributed by atoms with Gasteiger partial charge in [-0.2, -0.15) is 4.31 Å². The van der Waals surface area contributed by atoms with Crippen molar-refractivity contribution in [3.05, 3.63) is 66.9 Å². The number of hydrogen-bond acceptors (Lipinski definition) is 5. The van der Waals surface area contributed by atoms with Crippen LogP contribution in [0.4, 0.5) is 0 Å². The van der Waals surface area contributed by atoms with Gasteiger partial charge in [0, 0.05) is 18.3 Å². The van der Waals surface area contributed by atoms with E-state index in [0.29, 0.717) is 12.3 Å². The van der Waals surface area contributed by atoms with Gasteiger partial charge in [-0.25, -0.2) is 13.4 Å². The molecule has 1 aliphatic rings. The molecule has 6 nitrogen and oxygen atoms in total. The van der Waals surface area contributed by atoms with Crippen molar-refractivity contribution in [1.29, 1.82) is 0 Å². The summed E-state index contributed by atoms with van der Waals surface area (Å²) < 4.78 is 33.0. The molecule has 0 amide bonds. The average Bonchev–Trinajstić information content (AvgIpc) is 3.35. The van der Waals surface area contributed by atoms with Crippen LogP contribution in [-0.2, 0) is 10.0 Å². The Bertz CT molecular complexity index is 939. The second-order valence-corrected chi connectivity index (χ2v) is 7.81. The number of benzene rings is 1. The van der Waals surface area contributed by atoms with Gasteiger partial charge in [0.15, 0.2) is 12.2 Å². The Morgan fingerprint density at radius 1 is 1.12 bits per heavy atom. The van der Waals surface area contributed by atoms with E-state index in [0.717, 1.165) is 24.1 Å². The Hall–Kier alpha value is -2.51. The van der Waals surface area contributed by atoms with Gasteiger partial charge in [0.25, 0.3) is 0 Å². The molecule has 0 saturated carbocycles. The average molecular weight is 355 g/mol. The quantitative estimate of drug-likeness (QED) is 0.718. The van der Waals surface area contributed by atoms with Crippen molar-refractivity contribution in [3.8, 4) is 11.3 Å². The molecule has 25 heavy (non-hydrogen) atoms. The molecule has 2 aromatic heterocycles. The molecule has 0 aliphatic carbocycles. The lowest BCUT2D eigenvalue weighted by atomic mass is 10.1. The van der Waals surface area contributed by atoms with Crippen molar-refractivity contribution in [3.63, 3.8) is 0 Å². The van der Waals surface area contributed by atoms with Gasteiger partial charge in [0.05, 0.1) is 22.8 Å². The first-order valence-electron chi connectivity index (χ1n) is 8.08. The van der Waals surface area contributed by atoms with Crippen molar-refractivity contribution in [1.82, 2.24) is 14.3 Å². The van der Waals surface area contributed by atoms with Crippen LogP contribution in [0.3, 0.4) is 0 Å². The lowest BCUT2D eigenvalue weighted by molar-refractivity contribution is 0.390. The van der Waals surface area contributed by atoms with Crippen molar-refractivity contribution in [2.75, 3.05) is 6.54 Å². The number of rotatable bonds is 4. The fourth-order valence-electron chi connectivity index (χ4n) is 3.18. The number of hydrogen-bond donors (Lipinski definition) is 0. The van der Waals surface area contributed by atoms with Gasteiger partial charge in [0.1, 0.15) is 0 Å². The van der Waals surface area contributed by atoms with Crippen LogP contribution in [0.5, 0.6) is 0 Å². The lowest BCUT2D eigenvalue weighted by Gasteiger charge is -2.23. The molecule has 0 bridgehead atoms. The summed E-state index contributed by atoms with van der Waals surface area (Å²) in [4.78, 5) is 8.49. The van der Waals surface area contributed by atoms with Crippen LogP contribution in [-0.4, -0.2) is 29.2 Å². The molecule has 0 unspecified atom stereocenters. The zero-order valence-corrected chi connectivity index (χ0v) is 14.3. The smallest absolute Gasteiger partial charge is 0.243 e. The molecule has 3 aromatic rings. The number of oxazole rings is 1. The summed E-state index contributed by atoms with van der Waals surface area (Å²) in [6, 6.07) is 12.1. The summed E-state index contributed by atoms with van der Waals surface area (Å²) in [5.41, 5.74) is 1.58. The number of pyridine rings is 1. The van der Waals surface area contributed by atoms with Gasteiger partial charge >= 0.3 is 0 Å². The highest BCUT2D eigenvalue weighted by atomic mass is 32.2. The highest BCUT2D eigenvalue weighted by Crippen LogP contribution is 2.35. The Balaban J connectivity index is 1.64. The molecule has 7 heteroatoms. The Kier molecular flexibility index (Phi) is 4.10. The first kappa shape index (κ1) is 16.0. The molecule has 1 fully saturated rings. The van der Waals surface area contributed by atoms with E-state index >= 15 is 0 Å². The zero-order valence-electron chi connectivity index (χ0n) is 13.4.